The number of benzene rings is 1. The summed E-state index contributed by atoms with van der Waals surface area (Å²) < 4.78 is 26.5. The van der Waals surface area contributed by atoms with Gasteiger partial charge in [0.25, 0.3) is 0 Å². The Bertz CT molecular complexity index is 793. The third-order valence-corrected chi connectivity index (χ3v) is 7.92. The van der Waals surface area contributed by atoms with E-state index < -0.39 is 25.9 Å². The van der Waals surface area contributed by atoms with Crippen LogP contribution in [0.4, 0.5) is 0 Å². The Kier molecular flexibility index (Phi) is 3.35. The summed E-state index contributed by atoms with van der Waals surface area (Å²) in [6.07, 6.45) is 6.32. The maximum absolute atomic E-state index is 12.4. The number of rotatable bonds is 2. The van der Waals surface area contributed by atoms with Crippen molar-refractivity contribution in [3.8, 4) is 5.69 Å². The fourth-order valence-electron chi connectivity index (χ4n) is 3.97. The molecular weight excluding hydrogens is 312 g/mol. The van der Waals surface area contributed by atoms with E-state index in [9.17, 15) is 13.5 Å². The topological polar surface area (TPSA) is 72.2 Å². The first-order valence-corrected chi connectivity index (χ1v) is 9.66. The second kappa shape index (κ2) is 5.18. The molecule has 122 valence electrons. The van der Waals surface area contributed by atoms with Crippen molar-refractivity contribution < 1.29 is 13.5 Å². The second-order valence-corrected chi connectivity index (χ2v) is 9.22. The van der Waals surface area contributed by atoms with Crippen molar-refractivity contribution in [2.24, 2.45) is 0 Å². The molecule has 6 heteroatoms. The maximum atomic E-state index is 12.4. The number of aromatic nitrogens is 2. The van der Waals surface area contributed by atoms with Crippen molar-refractivity contribution in [1.29, 1.82) is 0 Å². The lowest BCUT2D eigenvalue weighted by atomic mass is 9.82. The van der Waals surface area contributed by atoms with Crippen LogP contribution in [0, 0.1) is 0 Å². The Morgan fingerprint density at radius 2 is 1.78 bits per heavy atom. The normalized spacial score (nSPS) is 32.6. The summed E-state index contributed by atoms with van der Waals surface area (Å²) in [5.74, 6) is 0. The molecule has 2 fully saturated rings. The first kappa shape index (κ1) is 14.9. The lowest BCUT2D eigenvalue weighted by molar-refractivity contribution is 0.00498. The van der Waals surface area contributed by atoms with E-state index in [-0.39, 0.29) is 12.8 Å². The lowest BCUT2D eigenvalue weighted by Crippen LogP contribution is -2.50. The van der Waals surface area contributed by atoms with Gasteiger partial charge in [0, 0.05) is 11.8 Å². The van der Waals surface area contributed by atoms with Crippen LogP contribution in [0.1, 0.15) is 37.7 Å². The Hall–Kier alpha value is -1.66. The van der Waals surface area contributed by atoms with Crippen molar-refractivity contribution in [3.63, 3.8) is 0 Å². The summed E-state index contributed by atoms with van der Waals surface area (Å²) in [5, 5.41) is 14.6. The molecule has 4 rings (SSSR count). The van der Waals surface area contributed by atoms with E-state index in [1.807, 2.05) is 36.5 Å². The fraction of sp³-hybridized carbons (Fsp3) is 0.471. The largest absolute Gasteiger partial charge is 0.385 e. The number of hydrogen-bond donors (Lipinski definition) is 1. The fourth-order valence-corrected chi connectivity index (χ4v) is 6.52. The van der Waals surface area contributed by atoms with E-state index in [0.717, 1.165) is 12.1 Å². The zero-order chi connectivity index (χ0) is 16.1. The molecule has 3 heterocycles. The predicted molar refractivity (Wildman–Crippen MR) is 87.0 cm³/mol. The molecule has 5 nitrogen and oxygen atoms in total. The predicted octanol–water partition coefficient (Wildman–Crippen LogP) is 2.19. The van der Waals surface area contributed by atoms with Crippen LogP contribution < -0.4 is 0 Å². The molecule has 2 atom stereocenters. The number of hydrogen-bond acceptors (Lipinski definition) is 4. The van der Waals surface area contributed by atoms with E-state index in [0.29, 0.717) is 18.4 Å². The van der Waals surface area contributed by atoms with Gasteiger partial charge in [0.15, 0.2) is 9.84 Å². The van der Waals surface area contributed by atoms with Crippen LogP contribution in [0.5, 0.6) is 0 Å². The Morgan fingerprint density at radius 3 is 2.43 bits per heavy atom. The third kappa shape index (κ3) is 2.40. The van der Waals surface area contributed by atoms with Gasteiger partial charge in [-0.25, -0.2) is 13.1 Å². The maximum Gasteiger partial charge on any atom is 0.156 e. The zero-order valence-corrected chi connectivity index (χ0v) is 13.6. The van der Waals surface area contributed by atoms with Gasteiger partial charge in [-0.3, -0.25) is 0 Å². The van der Waals surface area contributed by atoms with E-state index in [2.05, 4.69) is 5.10 Å². The van der Waals surface area contributed by atoms with Gasteiger partial charge in [-0.05, 0) is 37.8 Å². The monoisotopic (exact) mass is 332 g/mol. The van der Waals surface area contributed by atoms with Crippen molar-refractivity contribution >= 4 is 9.84 Å². The standard InChI is InChI=1S/C17H20N2O3S/c20-17(9-15-7-4-8-16(10-17)23(15,21)22)13-11-18-19(12-13)14-5-2-1-3-6-14/h1-3,5-6,11-12,15-16,20H,4,7-10H2. The minimum atomic E-state index is -3.08. The Labute approximate surface area is 135 Å². The molecule has 1 aromatic heterocycles. The van der Waals surface area contributed by atoms with Gasteiger partial charge in [-0.15, -0.1) is 0 Å². The van der Waals surface area contributed by atoms with Crippen LogP contribution in [-0.4, -0.2) is 33.8 Å². The van der Waals surface area contributed by atoms with Crippen LogP contribution in [0.25, 0.3) is 5.69 Å². The average molecular weight is 332 g/mol. The first-order chi connectivity index (χ1) is 11.0. The van der Waals surface area contributed by atoms with E-state index >= 15 is 0 Å². The van der Waals surface area contributed by atoms with Gasteiger partial charge < -0.3 is 5.11 Å². The van der Waals surface area contributed by atoms with Crippen molar-refractivity contribution in [2.75, 3.05) is 0 Å². The minimum absolute atomic E-state index is 0.284. The van der Waals surface area contributed by atoms with E-state index in [1.165, 1.54) is 0 Å². The van der Waals surface area contributed by atoms with Gasteiger partial charge in [0.05, 0.1) is 28.0 Å². The van der Waals surface area contributed by atoms with Gasteiger partial charge >= 0.3 is 0 Å². The first-order valence-electron chi connectivity index (χ1n) is 8.05. The molecule has 0 amide bonds. The Balaban J connectivity index is 1.67. The molecule has 0 saturated carbocycles. The van der Waals surface area contributed by atoms with Crippen molar-refractivity contribution in [2.45, 2.75) is 48.2 Å². The number of fused-ring (bicyclic) bond motifs is 2. The summed E-state index contributed by atoms with van der Waals surface area (Å²) in [7, 11) is -3.08. The summed E-state index contributed by atoms with van der Waals surface area (Å²) in [5.41, 5.74) is 0.549. The van der Waals surface area contributed by atoms with Crippen LogP contribution >= 0.6 is 0 Å². The van der Waals surface area contributed by atoms with Crippen molar-refractivity contribution in [3.05, 3.63) is 48.3 Å². The lowest BCUT2D eigenvalue weighted by Gasteiger charge is -2.43. The number of aliphatic hydroxyl groups is 1. The number of sulfone groups is 1. The van der Waals surface area contributed by atoms with Crippen LogP contribution in [-0.2, 0) is 15.4 Å². The highest BCUT2D eigenvalue weighted by Crippen LogP contribution is 2.46. The molecule has 0 aliphatic carbocycles. The summed E-state index contributed by atoms with van der Waals surface area (Å²) >= 11 is 0. The zero-order valence-electron chi connectivity index (χ0n) is 12.8. The smallest absolute Gasteiger partial charge is 0.156 e. The molecule has 1 N–H and O–H groups in total. The molecule has 0 radical (unpaired) electrons. The highest BCUT2D eigenvalue weighted by Gasteiger charge is 2.51. The van der Waals surface area contributed by atoms with Gasteiger partial charge in [0.2, 0.25) is 0 Å². The van der Waals surface area contributed by atoms with Crippen molar-refractivity contribution in [1.82, 2.24) is 9.78 Å². The van der Waals surface area contributed by atoms with Crippen LogP contribution in [0.3, 0.4) is 0 Å². The minimum Gasteiger partial charge on any atom is -0.385 e. The average Bonchev–Trinajstić information content (AvgIpc) is 3.01. The summed E-state index contributed by atoms with van der Waals surface area (Å²) in [6.45, 7) is 0. The van der Waals surface area contributed by atoms with Gasteiger partial charge in [-0.1, -0.05) is 24.6 Å². The van der Waals surface area contributed by atoms with Crippen LogP contribution in [0.2, 0.25) is 0 Å². The summed E-state index contributed by atoms with van der Waals surface area (Å²) in [6, 6.07) is 9.70. The molecule has 2 unspecified atom stereocenters. The molecule has 2 aliphatic heterocycles. The van der Waals surface area contributed by atoms with Crippen LogP contribution in [0.15, 0.2) is 42.7 Å². The molecule has 2 bridgehead atoms. The quantitative estimate of drug-likeness (QED) is 0.915. The van der Waals surface area contributed by atoms with Gasteiger partial charge in [-0.2, -0.15) is 5.10 Å². The van der Waals surface area contributed by atoms with E-state index in [4.69, 9.17) is 0 Å². The number of nitrogens with zero attached hydrogens (tertiary/aromatic N) is 2. The third-order valence-electron chi connectivity index (χ3n) is 5.25. The number of para-hydroxylation sites is 1. The molecule has 2 aromatic rings. The second-order valence-electron chi connectivity index (χ2n) is 6.71. The van der Waals surface area contributed by atoms with E-state index in [1.54, 1.807) is 10.9 Å². The highest BCUT2D eigenvalue weighted by molar-refractivity contribution is 7.92. The molecule has 2 saturated heterocycles. The SMILES string of the molecule is O=S1(=O)C2CCCC1CC(O)(c1cnn(-c3ccccc3)c1)C2. The molecule has 0 spiro atoms. The molecule has 1 aromatic carbocycles. The molecule has 23 heavy (non-hydrogen) atoms. The highest BCUT2D eigenvalue weighted by atomic mass is 32.2. The van der Waals surface area contributed by atoms with Gasteiger partial charge in [0.1, 0.15) is 0 Å². The Morgan fingerprint density at radius 1 is 1.13 bits per heavy atom. The molecule has 2 aliphatic rings. The summed E-state index contributed by atoms with van der Waals surface area (Å²) in [4.78, 5) is 0. The molecular formula is C17H20N2O3S.